The Morgan fingerprint density at radius 3 is 2.14 bits per heavy atom. The average molecular weight is 608 g/mol. The molecule has 2 atom stereocenters. The number of anilines is 1. The summed E-state index contributed by atoms with van der Waals surface area (Å²) in [6, 6.07) is 3.41. The molecule has 1 aromatic rings. The zero-order chi connectivity index (χ0) is 32.4. The molecular weight excluding hydrogens is 566 g/mol. The molecule has 0 fully saturated rings. The number of Topliss-reactive ketones (excluding diaryl/α,β-unsaturated/α-hetero) is 1. The van der Waals surface area contributed by atoms with Crippen molar-refractivity contribution in [3.8, 4) is 0 Å². The number of hydrogen-bond donors (Lipinski definition) is 8. The normalized spacial score (nSPS) is 11.9. The second-order valence-corrected chi connectivity index (χ2v) is 9.80. The fourth-order valence-corrected chi connectivity index (χ4v) is 3.57. The molecule has 0 spiro atoms. The maximum absolute atomic E-state index is 13.2. The Bertz CT molecular complexity index is 1130. The van der Waals surface area contributed by atoms with Gasteiger partial charge >= 0.3 is 12.2 Å². The number of nitrogens with one attached hydrogen (secondary N) is 6. The maximum Gasteiger partial charge on any atom is 0.506 e. The first-order valence-electron chi connectivity index (χ1n) is 13.7. The smallest absolute Gasteiger partial charge is 0.450 e. The van der Waals surface area contributed by atoms with Gasteiger partial charge in [-0.25, -0.2) is 9.59 Å². The van der Waals surface area contributed by atoms with Gasteiger partial charge < -0.3 is 47.5 Å². The summed E-state index contributed by atoms with van der Waals surface area (Å²) in [6.07, 6.45) is -0.757. The highest BCUT2D eigenvalue weighted by atomic mass is 16.7. The molecule has 9 N–H and O–H groups in total. The highest BCUT2D eigenvalue weighted by molar-refractivity contribution is 5.98. The van der Waals surface area contributed by atoms with Gasteiger partial charge in [-0.15, -0.1) is 0 Å². The van der Waals surface area contributed by atoms with E-state index in [4.69, 9.17) is 10.8 Å². The molecule has 0 saturated heterocycles. The number of ether oxygens (including phenoxy) is 1. The number of amides is 6. The summed E-state index contributed by atoms with van der Waals surface area (Å²) in [4.78, 5) is 83.5. The molecule has 0 aliphatic rings. The molecule has 1 rings (SSSR count). The fourth-order valence-electron chi connectivity index (χ4n) is 3.57. The summed E-state index contributed by atoms with van der Waals surface area (Å²) >= 11 is 0. The molecular formula is C27H41N7O9. The largest absolute Gasteiger partial charge is 0.506 e. The van der Waals surface area contributed by atoms with Crippen molar-refractivity contribution in [2.45, 2.75) is 58.7 Å². The average Bonchev–Trinajstić information content (AvgIpc) is 2.95. The van der Waals surface area contributed by atoms with Gasteiger partial charge in [-0.2, -0.15) is 0 Å². The number of ketones is 1. The highest BCUT2D eigenvalue weighted by Gasteiger charge is 2.28. The summed E-state index contributed by atoms with van der Waals surface area (Å²) in [6.45, 7) is 4.47. The third-order valence-electron chi connectivity index (χ3n) is 5.86. The number of carbonyl (C=O) groups is 7. The van der Waals surface area contributed by atoms with Crippen molar-refractivity contribution < 1.29 is 43.4 Å². The first kappa shape index (κ1) is 36.3. The minimum atomic E-state index is -1.42. The molecule has 16 heteroatoms. The van der Waals surface area contributed by atoms with Crippen molar-refractivity contribution in [2.75, 3.05) is 31.5 Å². The van der Waals surface area contributed by atoms with Crippen LogP contribution in [0.2, 0.25) is 0 Å². The molecule has 0 bridgehead atoms. The van der Waals surface area contributed by atoms with Crippen molar-refractivity contribution in [3.05, 3.63) is 29.8 Å². The van der Waals surface area contributed by atoms with E-state index in [9.17, 15) is 33.6 Å². The highest BCUT2D eigenvalue weighted by Crippen LogP contribution is 2.12. The second kappa shape index (κ2) is 19.4. The van der Waals surface area contributed by atoms with E-state index in [1.807, 2.05) is 0 Å². The molecule has 0 aromatic heterocycles. The molecule has 0 radical (unpaired) electrons. The molecule has 0 aliphatic carbocycles. The molecule has 16 nitrogen and oxygen atoms in total. The summed E-state index contributed by atoms with van der Waals surface area (Å²) in [5, 5.41) is 24.1. The Morgan fingerprint density at radius 1 is 0.884 bits per heavy atom. The van der Waals surface area contributed by atoms with Crippen LogP contribution in [-0.2, 0) is 35.3 Å². The van der Waals surface area contributed by atoms with E-state index < -0.39 is 42.0 Å². The summed E-state index contributed by atoms with van der Waals surface area (Å²) in [5.74, 6) is -2.70. The number of carbonyl (C=O) groups excluding carboxylic acids is 6. The van der Waals surface area contributed by atoms with Crippen molar-refractivity contribution in [3.63, 3.8) is 0 Å². The Hall–Kier alpha value is -4.73. The maximum atomic E-state index is 13.2. The number of primary amides is 1. The van der Waals surface area contributed by atoms with Crippen LogP contribution in [0.15, 0.2) is 24.3 Å². The van der Waals surface area contributed by atoms with Gasteiger partial charge in [0.1, 0.15) is 18.7 Å². The third kappa shape index (κ3) is 15.7. The van der Waals surface area contributed by atoms with Gasteiger partial charge in [0, 0.05) is 18.7 Å². The molecule has 238 valence electrons. The summed E-state index contributed by atoms with van der Waals surface area (Å²) in [7, 11) is 0. The van der Waals surface area contributed by atoms with Crippen LogP contribution in [0.3, 0.4) is 0 Å². The first-order chi connectivity index (χ1) is 20.3. The Balaban J connectivity index is 2.81. The molecule has 1 aromatic carbocycles. The quantitative estimate of drug-likeness (QED) is 0.0745. The molecule has 43 heavy (non-hydrogen) atoms. The monoisotopic (exact) mass is 607 g/mol. The van der Waals surface area contributed by atoms with E-state index in [2.05, 4.69) is 36.6 Å². The van der Waals surface area contributed by atoms with Crippen LogP contribution in [0, 0.1) is 5.92 Å². The predicted octanol–water partition coefficient (Wildman–Crippen LogP) is -0.421. The lowest BCUT2D eigenvalue weighted by molar-refractivity contribution is -0.131. The van der Waals surface area contributed by atoms with Gasteiger partial charge in [0.05, 0.1) is 19.6 Å². The van der Waals surface area contributed by atoms with Crippen LogP contribution >= 0.6 is 0 Å². The first-order valence-corrected chi connectivity index (χ1v) is 13.7. The van der Waals surface area contributed by atoms with Crippen molar-refractivity contribution in [1.29, 1.82) is 0 Å². The van der Waals surface area contributed by atoms with Gasteiger partial charge in [0.15, 0.2) is 5.78 Å². The lowest BCUT2D eigenvalue weighted by atomic mass is 10.0. The van der Waals surface area contributed by atoms with Crippen LogP contribution < -0.4 is 37.6 Å². The van der Waals surface area contributed by atoms with E-state index >= 15 is 0 Å². The lowest BCUT2D eigenvalue weighted by Gasteiger charge is -2.25. The number of nitrogens with two attached hydrogens (primary N) is 1. The van der Waals surface area contributed by atoms with E-state index in [0.717, 1.165) is 0 Å². The standard InChI is InChI=1S/C27H41N7O9/c1-4-21(36)31-13-19(35)12-29-14-22(37)34-23(16(2)3)25(39)33-20(6-5-11-30-26(28)40)24(38)32-18-9-7-17(8-10-18)15-43-27(41)42/h7-10,16,20,23,29H,4-6,11-15H2,1-3H3,(H,31,36)(H,32,38)(H,33,39)(H,34,37)(H,41,42)(H3,28,30,40)/t20-,23?/m0/s1. The van der Waals surface area contributed by atoms with Crippen molar-refractivity contribution >= 4 is 47.3 Å². The van der Waals surface area contributed by atoms with Gasteiger partial charge in [-0.3, -0.25) is 24.0 Å². The molecule has 0 heterocycles. The van der Waals surface area contributed by atoms with Crippen molar-refractivity contribution in [2.24, 2.45) is 11.7 Å². The molecule has 6 amide bonds. The van der Waals surface area contributed by atoms with Crippen LogP contribution in [0.5, 0.6) is 0 Å². The van der Waals surface area contributed by atoms with Crippen LogP contribution in [0.4, 0.5) is 15.3 Å². The van der Waals surface area contributed by atoms with E-state index in [1.54, 1.807) is 45.0 Å². The van der Waals surface area contributed by atoms with Crippen LogP contribution in [0.25, 0.3) is 0 Å². The summed E-state index contributed by atoms with van der Waals surface area (Å²) in [5.41, 5.74) is 6.02. The minimum Gasteiger partial charge on any atom is -0.450 e. The van der Waals surface area contributed by atoms with Gasteiger partial charge in [-0.1, -0.05) is 32.9 Å². The third-order valence-corrected chi connectivity index (χ3v) is 5.86. The summed E-state index contributed by atoms with van der Waals surface area (Å²) < 4.78 is 4.51. The molecule has 0 saturated carbocycles. The number of urea groups is 1. The van der Waals surface area contributed by atoms with Gasteiger partial charge in [0.2, 0.25) is 23.6 Å². The molecule has 1 unspecified atom stereocenters. The Labute approximate surface area is 249 Å². The van der Waals surface area contributed by atoms with Gasteiger partial charge in [-0.05, 0) is 36.5 Å². The van der Waals surface area contributed by atoms with E-state index in [0.29, 0.717) is 17.7 Å². The van der Waals surface area contributed by atoms with Gasteiger partial charge in [0.25, 0.3) is 0 Å². The number of carboxylic acid groups (broad SMARTS) is 1. The van der Waals surface area contributed by atoms with E-state index in [-0.39, 0.29) is 63.2 Å². The van der Waals surface area contributed by atoms with Crippen LogP contribution in [-0.4, -0.2) is 85.0 Å². The predicted molar refractivity (Wildman–Crippen MR) is 155 cm³/mol. The minimum absolute atomic E-state index is 0.124. The fraction of sp³-hybridized carbons (Fsp3) is 0.519. The Kier molecular flexibility index (Phi) is 16.4. The number of benzene rings is 1. The van der Waals surface area contributed by atoms with Crippen molar-refractivity contribution in [1.82, 2.24) is 26.6 Å². The molecule has 0 aliphatic heterocycles. The Morgan fingerprint density at radius 2 is 1.56 bits per heavy atom. The number of hydrogen-bond acceptors (Lipinski definition) is 9. The lowest BCUT2D eigenvalue weighted by Crippen LogP contribution is -2.55. The van der Waals surface area contributed by atoms with Crippen LogP contribution in [0.1, 0.15) is 45.6 Å². The van der Waals surface area contributed by atoms with E-state index in [1.165, 1.54) is 0 Å². The number of rotatable bonds is 19. The topological polar surface area (TPSA) is 247 Å². The zero-order valence-electron chi connectivity index (χ0n) is 24.5. The second-order valence-electron chi connectivity index (χ2n) is 9.80. The zero-order valence-corrected chi connectivity index (χ0v) is 24.5. The SMILES string of the molecule is CCC(=O)NCC(=O)CNCC(=O)NC(C(=O)N[C@@H](CCCNC(N)=O)C(=O)Nc1ccc(COC(=O)O)cc1)C(C)C.